The van der Waals surface area contributed by atoms with E-state index in [-0.39, 0.29) is 19.9 Å². The number of nitro groups is 1. The number of nitro benzene ring substituents is 1. The summed E-state index contributed by atoms with van der Waals surface area (Å²) in [4.78, 5) is 34.7. The van der Waals surface area contributed by atoms with Crippen LogP contribution in [0.3, 0.4) is 0 Å². The molecule has 1 aliphatic rings. The molecule has 0 radical (unpaired) electrons. The molecule has 0 aliphatic carbocycles. The van der Waals surface area contributed by atoms with Crippen molar-refractivity contribution in [2.75, 3.05) is 0 Å². The fraction of sp³-hybridized carbons (Fsp3) is 0.133. The van der Waals surface area contributed by atoms with Crippen LogP contribution in [0.25, 0.3) is 6.08 Å². The molecular weight excluding hydrogens is 388 g/mol. The molecule has 25 heavy (non-hydrogen) atoms. The van der Waals surface area contributed by atoms with Gasteiger partial charge in [-0.05, 0) is 36.8 Å². The first-order valence-corrected chi connectivity index (χ1v) is 8.42. The number of hydrogen-bond donors (Lipinski definition) is 1. The molecule has 1 heterocycles. The Morgan fingerprint density at radius 1 is 1.44 bits per heavy atom. The number of thioether (sulfide) groups is 1. The molecule has 1 fully saturated rings. The number of thiocarbonyl (C=S) groups is 1. The third kappa shape index (κ3) is 4.44. The Morgan fingerprint density at radius 3 is 2.56 bits per heavy atom. The number of carboxylic acid groups (broad SMARTS) is 1. The third-order valence-electron chi connectivity index (χ3n) is 3.25. The number of amides is 1. The van der Waals surface area contributed by atoms with E-state index in [2.05, 4.69) is 0 Å². The van der Waals surface area contributed by atoms with Crippen molar-refractivity contribution in [1.82, 2.24) is 4.90 Å². The van der Waals surface area contributed by atoms with Gasteiger partial charge in [0, 0.05) is 17.2 Å². The van der Waals surface area contributed by atoms with E-state index in [1.54, 1.807) is 0 Å². The maximum atomic E-state index is 12.3. The van der Waals surface area contributed by atoms with Crippen LogP contribution in [0.2, 0.25) is 0 Å². The minimum Gasteiger partial charge on any atom is -0.480 e. The van der Waals surface area contributed by atoms with Gasteiger partial charge in [0.25, 0.3) is 11.6 Å². The number of non-ortho nitro benzene ring substituents is 1. The summed E-state index contributed by atoms with van der Waals surface area (Å²) in [5, 5.41) is 19.9. The van der Waals surface area contributed by atoms with Gasteiger partial charge in [-0.3, -0.25) is 19.8 Å². The molecule has 1 aliphatic heterocycles. The second kappa shape index (κ2) is 7.77. The lowest BCUT2D eigenvalue weighted by molar-refractivity contribution is -0.384. The van der Waals surface area contributed by atoms with Crippen LogP contribution >= 0.6 is 35.6 Å². The highest BCUT2D eigenvalue weighted by Crippen LogP contribution is 2.34. The lowest BCUT2D eigenvalue weighted by Gasteiger charge is -2.18. The molecule has 10 heteroatoms. The molecule has 2 rings (SSSR count). The molecule has 0 bridgehead atoms. The number of hydrogen-bond acceptors (Lipinski definition) is 6. The molecule has 1 N–H and O–H groups in total. The van der Waals surface area contributed by atoms with Crippen LogP contribution in [0.1, 0.15) is 12.5 Å². The van der Waals surface area contributed by atoms with Gasteiger partial charge < -0.3 is 5.11 Å². The molecule has 0 saturated carbocycles. The summed E-state index contributed by atoms with van der Waals surface area (Å²) in [6.45, 7) is 1.37. The van der Waals surface area contributed by atoms with Crippen molar-refractivity contribution in [1.29, 1.82) is 0 Å². The van der Waals surface area contributed by atoms with E-state index >= 15 is 0 Å². The van der Waals surface area contributed by atoms with E-state index < -0.39 is 22.8 Å². The maximum Gasteiger partial charge on any atom is 0.326 e. The van der Waals surface area contributed by atoms with Crippen LogP contribution in [0, 0.1) is 10.1 Å². The summed E-state index contributed by atoms with van der Waals surface area (Å²) in [7, 11) is 0. The first-order valence-electron chi connectivity index (χ1n) is 6.82. The second-order valence-corrected chi connectivity index (χ2v) is 7.06. The van der Waals surface area contributed by atoms with Crippen molar-refractivity contribution in [2.45, 2.75) is 13.0 Å². The van der Waals surface area contributed by atoms with Gasteiger partial charge in [0.1, 0.15) is 10.4 Å². The van der Waals surface area contributed by atoms with Gasteiger partial charge >= 0.3 is 5.97 Å². The van der Waals surface area contributed by atoms with Crippen molar-refractivity contribution in [2.24, 2.45) is 0 Å². The molecule has 1 saturated heterocycles. The summed E-state index contributed by atoms with van der Waals surface area (Å²) in [5.74, 6) is -1.69. The zero-order valence-electron chi connectivity index (χ0n) is 12.7. The largest absolute Gasteiger partial charge is 0.480 e. The average molecular weight is 399 g/mol. The van der Waals surface area contributed by atoms with E-state index in [0.717, 1.165) is 16.7 Å². The summed E-state index contributed by atoms with van der Waals surface area (Å²) in [6, 6.07) is 4.64. The van der Waals surface area contributed by atoms with Gasteiger partial charge in [-0.1, -0.05) is 35.6 Å². The molecule has 1 amide bonds. The highest BCUT2D eigenvalue weighted by Gasteiger charge is 2.38. The van der Waals surface area contributed by atoms with Crippen molar-refractivity contribution in [3.63, 3.8) is 0 Å². The van der Waals surface area contributed by atoms with Crippen LogP contribution in [0.5, 0.6) is 0 Å². The Bertz CT molecular complexity index is 820. The number of allylic oxidation sites excluding steroid dienone is 2. The molecular formula is C15H11ClN2O5S2. The number of benzene rings is 1. The van der Waals surface area contributed by atoms with Gasteiger partial charge in [0.15, 0.2) is 0 Å². The van der Waals surface area contributed by atoms with Crippen molar-refractivity contribution in [3.8, 4) is 0 Å². The topological polar surface area (TPSA) is 101 Å². The van der Waals surface area contributed by atoms with Crippen molar-refractivity contribution in [3.05, 3.63) is 56.0 Å². The SMILES string of the molecule is CC(C(=O)O)N1C(=O)/C(=C/C(Cl)=C/c2ccc([N+](=O)[O-])cc2)SC1=S. The monoisotopic (exact) mass is 398 g/mol. The maximum absolute atomic E-state index is 12.3. The smallest absolute Gasteiger partial charge is 0.326 e. The first-order chi connectivity index (χ1) is 11.7. The second-order valence-electron chi connectivity index (χ2n) is 4.94. The van der Waals surface area contributed by atoms with Gasteiger partial charge in [0.2, 0.25) is 0 Å². The molecule has 1 atom stereocenters. The Hall–Kier alpha value is -2.23. The number of carbonyl (C=O) groups excluding carboxylic acids is 1. The molecule has 1 aromatic rings. The Balaban J connectivity index is 2.21. The summed E-state index contributed by atoms with van der Waals surface area (Å²) in [5.41, 5.74) is 0.568. The number of halogens is 1. The van der Waals surface area contributed by atoms with Crippen LogP contribution in [-0.2, 0) is 9.59 Å². The fourth-order valence-electron chi connectivity index (χ4n) is 1.94. The van der Waals surface area contributed by atoms with Crippen molar-refractivity contribution < 1.29 is 19.6 Å². The molecule has 1 unspecified atom stereocenters. The first kappa shape index (κ1) is 19.1. The third-order valence-corrected chi connectivity index (χ3v) is 4.79. The predicted octanol–water partition coefficient (Wildman–Crippen LogP) is 3.39. The van der Waals surface area contributed by atoms with Crippen molar-refractivity contribution >= 4 is 63.5 Å². The van der Waals surface area contributed by atoms with Crippen LogP contribution in [-0.4, -0.2) is 37.2 Å². The van der Waals surface area contributed by atoms with Gasteiger partial charge in [0.05, 0.1) is 9.83 Å². The number of aliphatic carboxylic acids is 1. The molecule has 0 aromatic heterocycles. The predicted molar refractivity (Wildman–Crippen MR) is 99.1 cm³/mol. The minimum absolute atomic E-state index is 0.0446. The molecule has 1 aromatic carbocycles. The number of rotatable bonds is 5. The number of carbonyl (C=O) groups is 2. The van der Waals surface area contributed by atoms with E-state index in [9.17, 15) is 19.7 Å². The van der Waals surface area contributed by atoms with E-state index in [1.165, 1.54) is 43.3 Å². The quantitative estimate of drug-likeness (QED) is 0.351. The summed E-state index contributed by atoms with van der Waals surface area (Å²) < 4.78 is 0.144. The number of carboxylic acids is 1. The highest BCUT2D eigenvalue weighted by atomic mass is 35.5. The zero-order valence-corrected chi connectivity index (χ0v) is 15.1. The van der Waals surface area contributed by atoms with E-state index in [0.29, 0.717) is 5.56 Å². The molecule has 0 spiro atoms. The Kier molecular flexibility index (Phi) is 5.93. The van der Waals surface area contributed by atoms with E-state index in [1.807, 2.05) is 0 Å². The molecule has 7 nitrogen and oxygen atoms in total. The van der Waals surface area contributed by atoms with Gasteiger partial charge in [-0.15, -0.1) is 0 Å². The Morgan fingerprint density at radius 2 is 2.04 bits per heavy atom. The standard InChI is InChI=1S/C15H11ClN2O5S2/c1-8(14(20)21)17-13(19)12(25-15(17)24)7-10(16)6-9-2-4-11(5-3-9)18(22)23/h2-8H,1H3,(H,20,21)/b10-6-,12-7-. The average Bonchev–Trinajstić information content (AvgIpc) is 2.80. The van der Waals surface area contributed by atoms with Crippen LogP contribution in [0.4, 0.5) is 5.69 Å². The molecule has 130 valence electrons. The minimum atomic E-state index is -1.16. The van der Waals surface area contributed by atoms with Gasteiger partial charge in [-0.25, -0.2) is 4.79 Å². The van der Waals surface area contributed by atoms with Gasteiger partial charge in [-0.2, -0.15) is 0 Å². The summed E-state index contributed by atoms with van der Waals surface area (Å²) >= 11 is 12.1. The Labute approximate surface area is 157 Å². The summed E-state index contributed by atoms with van der Waals surface area (Å²) in [6.07, 6.45) is 2.91. The fourth-order valence-corrected chi connectivity index (χ4v) is 3.65. The zero-order chi connectivity index (χ0) is 18.7. The number of nitrogens with zero attached hydrogens (tertiary/aromatic N) is 2. The lowest BCUT2D eigenvalue weighted by atomic mass is 10.2. The normalized spacial score (nSPS) is 17.9. The van der Waals surface area contributed by atoms with Crippen LogP contribution < -0.4 is 0 Å². The lowest BCUT2D eigenvalue weighted by Crippen LogP contribution is -2.41. The van der Waals surface area contributed by atoms with Crippen LogP contribution in [0.15, 0.2) is 40.3 Å². The highest BCUT2D eigenvalue weighted by molar-refractivity contribution is 8.26. The van der Waals surface area contributed by atoms with E-state index in [4.69, 9.17) is 28.9 Å².